The van der Waals surface area contributed by atoms with Crippen molar-refractivity contribution in [1.82, 2.24) is 4.90 Å². The molecule has 1 aliphatic heterocycles. The minimum absolute atomic E-state index is 0.0590. The molecule has 0 unspecified atom stereocenters. The molecule has 0 radical (unpaired) electrons. The average Bonchev–Trinajstić information content (AvgIpc) is 3.04. The lowest BCUT2D eigenvalue weighted by atomic mass is 10.1. The second-order valence-electron chi connectivity index (χ2n) is 6.48. The maximum atomic E-state index is 12.9. The first-order chi connectivity index (χ1) is 15.2. The van der Waals surface area contributed by atoms with Gasteiger partial charge >= 0.3 is 5.97 Å². The Hall–Kier alpha value is -3.86. The number of phenolic OH excluding ortho intramolecular Hbond substituents is 1. The quantitative estimate of drug-likeness (QED) is 0.360. The zero-order valence-electron chi connectivity index (χ0n) is 17.1. The molecule has 0 saturated carbocycles. The van der Waals surface area contributed by atoms with Gasteiger partial charge in [-0.15, -0.1) is 0 Å². The first-order valence-electron chi connectivity index (χ1n) is 9.52. The predicted octanol–water partition coefficient (Wildman–Crippen LogP) is 4.02. The molecule has 0 aromatic heterocycles. The van der Waals surface area contributed by atoms with Crippen molar-refractivity contribution in [3.05, 3.63) is 62.5 Å². The fourth-order valence-corrected chi connectivity index (χ4v) is 3.98. The van der Waals surface area contributed by atoms with Crippen LogP contribution in [0.2, 0.25) is 0 Å². The molecular weight excluding hydrogens is 438 g/mol. The zero-order valence-corrected chi connectivity index (χ0v) is 18.0. The first kappa shape index (κ1) is 22.8. The van der Waals surface area contributed by atoms with Gasteiger partial charge in [-0.05, 0) is 49.9 Å². The van der Waals surface area contributed by atoms with E-state index in [-0.39, 0.29) is 39.8 Å². The molecule has 1 saturated heterocycles. The van der Waals surface area contributed by atoms with Crippen LogP contribution in [0.3, 0.4) is 0 Å². The maximum Gasteiger partial charge on any atom is 0.335 e. The fraction of sp³-hybridized carbons (Fsp3) is 0.190. The molecule has 2 aromatic carbocycles. The highest BCUT2D eigenvalue weighted by molar-refractivity contribution is 8.18. The van der Waals surface area contributed by atoms with E-state index in [0.717, 1.165) is 23.9 Å². The number of non-ortho nitro benzene ring substituents is 1. The monoisotopic (exact) mass is 457 g/mol. The van der Waals surface area contributed by atoms with Crippen molar-refractivity contribution < 1.29 is 29.5 Å². The molecule has 3 rings (SSSR count). The number of aromatic carboxylic acids is 1. The van der Waals surface area contributed by atoms with Gasteiger partial charge in [-0.1, -0.05) is 6.07 Å². The number of carbonyl (C=O) groups excluding carboxylic acids is 1. The molecule has 0 bridgehead atoms. The molecule has 1 heterocycles. The second-order valence-corrected chi connectivity index (χ2v) is 7.49. The van der Waals surface area contributed by atoms with Crippen molar-refractivity contribution in [1.29, 1.82) is 0 Å². The van der Waals surface area contributed by atoms with Crippen molar-refractivity contribution in [2.24, 2.45) is 4.99 Å². The number of hydrogen-bond donors (Lipinski definition) is 2. The maximum absolute atomic E-state index is 12.9. The SMILES string of the molecule is CCOc1cc([N+](=O)[O-])cc(/C=C2\SC(=Nc3cccc(C(=O)O)c3)N(CC)C2=O)c1O. The minimum Gasteiger partial charge on any atom is -0.504 e. The Labute approximate surface area is 187 Å². The van der Waals surface area contributed by atoms with Crippen LogP contribution >= 0.6 is 11.8 Å². The number of amides is 1. The van der Waals surface area contributed by atoms with Gasteiger partial charge in [0.15, 0.2) is 16.7 Å². The van der Waals surface area contributed by atoms with Gasteiger partial charge in [0.2, 0.25) is 0 Å². The summed E-state index contributed by atoms with van der Waals surface area (Å²) in [6.45, 7) is 3.91. The van der Waals surface area contributed by atoms with Gasteiger partial charge < -0.3 is 14.9 Å². The molecule has 0 aliphatic carbocycles. The molecule has 2 N–H and O–H groups in total. The lowest BCUT2D eigenvalue weighted by Crippen LogP contribution is -2.28. The molecular formula is C21H19N3O7S. The van der Waals surface area contributed by atoms with Crippen LogP contribution in [0.5, 0.6) is 11.5 Å². The van der Waals surface area contributed by atoms with Crippen LogP contribution in [0, 0.1) is 10.1 Å². The van der Waals surface area contributed by atoms with E-state index in [9.17, 15) is 24.8 Å². The van der Waals surface area contributed by atoms with E-state index < -0.39 is 16.8 Å². The summed E-state index contributed by atoms with van der Waals surface area (Å²) in [5.74, 6) is -1.87. The van der Waals surface area contributed by atoms with E-state index in [1.165, 1.54) is 23.1 Å². The van der Waals surface area contributed by atoms with Crippen molar-refractivity contribution in [2.45, 2.75) is 13.8 Å². The number of nitrogens with zero attached hydrogens (tertiary/aromatic N) is 3. The van der Waals surface area contributed by atoms with Crippen LogP contribution in [0.4, 0.5) is 11.4 Å². The summed E-state index contributed by atoms with van der Waals surface area (Å²) in [5.41, 5.74) is 0.186. The number of nitro groups is 1. The van der Waals surface area contributed by atoms with E-state index in [4.69, 9.17) is 9.84 Å². The van der Waals surface area contributed by atoms with Crippen LogP contribution in [0.25, 0.3) is 6.08 Å². The van der Waals surface area contributed by atoms with E-state index in [2.05, 4.69) is 4.99 Å². The van der Waals surface area contributed by atoms with Gasteiger partial charge in [-0.3, -0.25) is 19.8 Å². The Kier molecular flexibility index (Phi) is 6.79. The number of hydrogen-bond acceptors (Lipinski definition) is 8. The van der Waals surface area contributed by atoms with Gasteiger partial charge in [0.1, 0.15) is 0 Å². The van der Waals surface area contributed by atoms with Crippen LogP contribution in [-0.2, 0) is 4.79 Å². The standard InChI is InChI=1S/C21H19N3O7S/c1-3-23-19(26)17(32-21(23)22-14-7-5-6-12(8-14)20(27)28)10-13-9-15(24(29)30)11-16(18(13)25)31-4-2/h5-11,25H,3-4H2,1-2H3,(H,27,28)/b17-10-,22-21?. The normalized spacial score (nSPS) is 16.1. The van der Waals surface area contributed by atoms with Crippen LogP contribution < -0.4 is 4.74 Å². The molecule has 2 aromatic rings. The lowest BCUT2D eigenvalue weighted by Gasteiger charge is -2.12. The van der Waals surface area contributed by atoms with E-state index in [1.807, 2.05) is 0 Å². The van der Waals surface area contributed by atoms with Gasteiger partial charge in [-0.25, -0.2) is 9.79 Å². The predicted molar refractivity (Wildman–Crippen MR) is 119 cm³/mol. The Bertz CT molecular complexity index is 1160. The summed E-state index contributed by atoms with van der Waals surface area (Å²) in [6.07, 6.45) is 1.34. The van der Waals surface area contributed by atoms with Gasteiger partial charge in [-0.2, -0.15) is 0 Å². The third-order valence-electron chi connectivity index (χ3n) is 4.41. The number of phenols is 1. The topological polar surface area (TPSA) is 143 Å². The molecule has 11 heteroatoms. The van der Waals surface area contributed by atoms with E-state index in [0.29, 0.717) is 17.4 Å². The third-order valence-corrected chi connectivity index (χ3v) is 5.42. The number of benzene rings is 2. The molecule has 1 amide bonds. The van der Waals surface area contributed by atoms with E-state index in [1.54, 1.807) is 26.0 Å². The fourth-order valence-electron chi connectivity index (χ4n) is 2.93. The smallest absolute Gasteiger partial charge is 0.335 e. The average molecular weight is 457 g/mol. The highest BCUT2D eigenvalue weighted by atomic mass is 32.2. The van der Waals surface area contributed by atoms with Crippen LogP contribution in [0.15, 0.2) is 46.3 Å². The summed E-state index contributed by atoms with van der Waals surface area (Å²) in [4.78, 5) is 40.7. The number of likely N-dealkylation sites (N-methyl/N-ethyl adjacent to an activating group) is 1. The number of amidine groups is 1. The number of rotatable bonds is 7. The molecule has 166 valence electrons. The Morgan fingerprint density at radius 1 is 1.31 bits per heavy atom. The molecule has 32 heavy (non-hydrogen) atoms. The summed E-state index contributed by atoms with van der Waals surface area (Å²) in [7, 11) is 0. The molecule has 10 nitrogen and oxygen atoms in total. The third kappa shape index (κ3) is 4.72. The molecule has 1 fully saturated rings. The number of nitro benzene ring substituents is 1. The van der Waals surface area contributed by atoms with Crippen LogP contribution in [0.1, 0.15) is 29.8 Å². The minimum atomic E-state index is -1.10. The lowest BCUT2D eigenvalue weighted by molar-refractivity contribution is -0.385. The number of ether oxygens (including phenoxy) is 1. The Morgan fingerprint density at radius 2 is 2.06 bits per heavy atom. The molecule has 0 atom stereocenters. The Morgan fingerprint density at radius 3 is 2.69 bits per heavy atom. The van der Waals surface area contributed by atoms with Crippen molar-refractivity contribution in [3.63, 3.8) is 0 Å². The zero-order chi connectivity index (χ0) is 23.4. The highest BCUT2D eigenvalue weighted by Gasteiger charge is 2.33. The number of aromatic hydroxyl groups is 1. The van der Waals surface area contributed by atoms with Crippen molar-refractivity contribution in [3.8, 4) is 11.5 Å². The molecule has 1 aliphatic rings. The first-order valence-corrected chi connectivity index (χ1v) is 10.3. The summed E-state index contributed by atoms with van der Waals surface area (Å²) in [6, 6.07) is 8.25. The second kappa shape index (κ2) is 9.52. The summed E-state index contributed by atoms with van der Waals surface area (Å²) < 4.78 is 5.27. The van der Waals surface area contributed by atoms with Crippen molar-refractivity contribution in [2.75, 3.05) is 13.2 Å². The number of aliphatic imine (C=N–C) groups is 1. The van der Waals surface area contributed by atoms with Gasteiger partial charge in [0.05, 0.1) is 33.8 Å². The summed E-state index contributed by atoms with van der Waals surface area (Å²) in [5, 5.41) is 31.2. The number of thioether (sulfide) groups is 1. The van der Waals surface area contributed by atoms with Crippen LogP contribution in [-0.4, -0.2) is 50.2 Å². The number of carboxylic acids is 1. The largest absolute Gasteiger partial charge is 0.504 e. The number of carboxylic acid groups (broad SMARTS) is 1. The number of carbonyl (C=O) groups is 2. The molecule has 0 spiro atoms. The highest BCUT2D eigenvalue weighted by Crippen LogP contribution is 2.39. The van der Waals surface area contributed by atoms with Crippen molar-refractivity contribution >= 4 is 46.3 Å². The van der Waals surface area contributed by atoms with E-state index >= 15 is 0 Å². The Balaban J connectivity index is 2.03. The van der Waals surface area contributed by atoms with Gasteiger partial charge in [0, 0.05) is 18.2 Å². The van der Waals surface area contributed by atoms with Gasteiger partial charge in [0.25, 0.3) is 11.6 Å². The summed E-state index contributed by atoms with van der Waals surface area (Å²) >= 11 is 1.02.